The third-order valence-corrected chi connectivity index (χ3v) is 2.68. The molecule has 1 aliphatic rings. The lowest BCUT2D eigenvalue weighted by atomic mass is 10.1. The number of rotatable bonds is 3. The number of nitrogens with zero attached hydrogens (tertiary/aromatic N) is 2. The van der Waals surface area contributed by atoms with Crippen molar-refractivity contribution < 1.29 is 4.74 Å². The van der Waals surface area contributed by atoms with E-state index < -0.39 is 0 Å². The van der Waals surface area contributed by atoms with Crippen LogP contribution < -0.4 is 10.5 Å². The smallest absolute Gasteiger partial charge is 0.252 e. The first-order valence-corrected chi connectivity index (χ1v) is 5.08. The van der Waals surface area contributed by atoms with E-state index in [1.165, 1.54) is 12.4 Å². The summed E-state index contributed by atoms with van der Waals surface area (Å²) in [6.07, 6.45) is 2.55. The minimum absolute atomic E-state index is 0.102. The maximum absolute atomic E-state index is 11.1. The zero-order valence-corrected chi connectivity index (χ0v) is 8.77. The van der Waals surface area contributed by atoms with Crippen LogP contribution >= 0.6 is 0 Å². The van der Waals surface area contributed by atoms with Crippen LogP contribution in [0.1, 0.15) is 6.42 Å². The average Bonchev–Trinajstić information content (AvgIpc) is 2.67. The van der Waals surface area contributed by atoms with Gasteiger partial charge < -0.3 is 14.6 Å². The molecular formula is C10H15N3O2. The first-order valence-electron chi connectivity index (χ1n) is 5.08. The van der Waals surface area contributed by atoms with E-state index in [-0.39, 0.29) is 5.56 Å². The van der Waals surface area contributed by atoms with E-state index in [9.17, 15) is 4.79 Å². The maximum Gasteiger partial charge on any atom is 0.252 e. The summed E-state index contributed by atoms with van der Waals surface area (Å²) in [6, 6.07) is 1.54. The van der Waals surface area contributed by atoms with Gasteiger partial charge in [-0.15, -0.1) is 0 Å². The number of hydrogen-bond donors (Lipinski definition) is 1. The van der Waals surface area contributed by atoms with E-state index in [4.69, 9.17) is 4.74 Å². The van der Waals surface area contributed by atoms with E-state index >= 15 is 0 Å². The lowest BCUT2D eigenvalue weighted by molar-refractivity contribution is 0.161. The zero-order chi connectivity index (χ0) is 10.7. The van der Waals surface area contributed by atoms with Crippen molar-refractivity contribution in [3.05, 3.63) is 22.7 Å². The lowest BCUT2D eigenvalue weighted by Gasteiger charge is -2.16. The van der Waals surface area contributed by atoms with E-state index in [1.807, 2.05) is 0 Å². The summed E-state index contributed by atoms with van der Waals surface area (Å²) in [5.74, 6) is 1.31. The first-order chi connectivity index (χ1) is 7.29. The van der Waals surface area contributed by atoms with Crippen molar-refractivity contribution >= 4 is 5.82 Å². The maximum atomic E-state index is 11.1. The van der Waals surface area contributed by atoms with Crippen LogP contribution in [0.3, 0.4) is 0 Å². The van der Waals surface area contributed by atoms with Crippen molar-refractivity contribution in [3.63, 3.8) is 0 Å². The molecule has 15 heavy (non-hydrogen) atoms. The number of nitrogens with one attached hydrogen (secondary N) is 1. The molecule has 0 aromatic carbocycles. The van der Waals surface area contributed by atoms with Crippen LogP contribution in [0.5, 0.6) is 0 Å². The average molecular weight is 209 g/mol. The number of hydrogen-bond acceptors (Lipinski definition) is 4. The summed E-state index contributed by atoms with van der Waals surface area (Å²) in [7, 11) is 1.72. The van der Waals surface area contributed by atoms with Crippen LogP contribution in [0, 0.1) is 5.92 Å². The van der Waals surface area contributed by atoms with Crippen LogP contribution in [0.15, 0.2) is 17.2 Å². The van der Waals surface area contributed by atoms with Crippen LogP contribution in [-0.2, 0) is 4.74 Å². The molecule has 0 radical (unpaired) electrons. The van der Waals surface area contributed by atoms with Crippen LogP contribution in [0.4, 0.5) is 5.82 Å². The van der Waals surface area contributed by atoms with Gasteiger partial charge in [0.15, 0.2) is 0 Å². The van der Waals surface area contributed by atoms with Gasteiger partial charge in [0.2, 0.25) is 0 Å². The topological polar surface area (TPSA) is 58.2 Å². The summed E-state index contributed by atoms with van der Waals surface area (Å²) < 4.78 is 5.12. The van der Waals surface area contributed by atoms with Gasteiger partial charge in [-0.1, -0.05) is 0 Å². The fourth-order valence-electron chi connectivity index (χ4n) is 1.94. The molecule has 0 spiro atoms. The molecule has 2 heterocycles. The molecule has 2 rings (SSSR count). The van der Waals surface area contributed by atoms with E-state index in [1.54, 1.807) is 7.11 Å². The van der Waals surface area contributed by atoms with E-state index in [0.717, 1.165) is 31.9 Å². The fourth-order valence-corrected chi connectivity index (χ4v) is 1.94. The highest BCUT2D eigenvalue weighted by molar-refractivity contribution is 5.37. The molecule has 1 fully saturated rings. The van der Waals surface area contributed by atoms with Crippen molar-refractivity contribution in [1.82, 2.24) is 9.97 Å². The van der Waals surface area contributed by atoms with E-state index in [0.29, 0.717) is 5.92 Å². The number of aromatic nitrogens is 2. The second-order valence-corrected chi connectivity index (χ2v) is 3.83. The Morgan fingerprint density at radius 2 is 2.60 bits per heavy atom. The van der Waals surface area contributed by atoms with Crippen molar-refractivity contribution in [1.29, 1.82) is 0 Å². The molecule has 0 aliphatic carbocycles. The van der Waals surface area contributed by atoms with E-state index in [2.05, 4.69) is 14.9 Å². The number of H-pyrrole nitrogens is 1. The standard InChI is InChI=1S/C10H15N3O2/c1-15-6-8-2-3-13(5-8)9-4-10(14)12-7-11-9/h4,7-8H,2-3,5-6H2,1H3,(H,11,12,14). The van der Waals surface area contributed by atoms with Crippen LogP contribution in [0.25, 0.3) is 0 Å². The second kappa shape index (κ2) is 4.44. The minimum atomic E-state index is -0.102. The Bertz CT molecular complexity index is 377. The lowest BCUT2D eigenvalue weighted by Crippen LogP contribution is -2.23. The molecule has 1 aliphatic heterocycles. The fraction of sp³-hybridized carbons (Fsp3) is 0.600. The largest absolute Gasteiger partial charge is 0.384 e. The van der Waals surface area contributed by atoms with Gasteiger partial charge in [0.1, 0.15) is 5.82 Å². The Morgan fingerprint density at radius 3 is 3.33 bits per heavy atom. The van der Waals surface area contributed by atoms with Gasteiger partial charge in [-0.2, -0.15) is 0 Å². The van der Waals surface area contributed by atoms with Gasteiger partial charge in [-0.05, 0) is 6.42 Å². The van der Waals surface area contributed by atoms with Gasteiger partial charge >= 0.3 is 0 Å². The van der Waals surface area contributed by atoms with Crippen molar-refractivity contribution in [3.8, 4) is 0 Å². The Kier molecular flexibility index (Phi) is 3.01. The number of anilines is 1. The predicted molar refractivity (Wildman–Crippen MR) is 57.1 cm³/mol. The van der Waals surface area contributed by atoms with Crippen molar-refractivity contribution in [2.24, 2.45) is 5.92 Å². The van der Waals surface area contributed by atoms with Gasteiger partial charge in [0, 0.05) is 32.2 Å². The van der Waals surface area contributed by atoms with Gasteiger partial charge in [0.25, 0.3) is 5.56 Å². The molecule has 5 heteroatoms. The second-order valence-electron chi connectivity index (χ2n) is 3.83. The minimum Gasteiger partial charge on any atom is -0.384 e. The van der Waals surface area contributed by atoms with Crippen molar-refractivity contribution in [2.75, 3.05) is 31.7 Å². The summed E-state index contributed by atoms with van der Waals surface area (Å²) in [4.78, 5) is 19.9. The Morgan fingerprint density at radius 1 is 1.73 bits per heavy atom. The Labute approximate surface area is 88.1 Å². The predicted octanol–water partition coefficient (Wildman–Crippen LogP) is 0.243. The Balaban J connectivity index is 2.04. The highest BCUT2D eigenvalue weighted by Crippen LogP contribution is 2.20. The molecule has 1 N–H and O–H groups in total. The Hall–Kier alpha value is -1.36. The van der Waals surface area contributed by atoms with Gasteiger partial charge in [-0.3, -0.25) is 4.79 Å². The summed E-state index contributed by atoms with van der Waals surface area (Å²) in [6.45, 7) is 2.65. The molecule has 0 amide bonds. The molecule has 1 aromatic heterocycles. The summed E-state index contributed by atoms with van der Waals surface area (Å²) >= 11 is 0. The molecule has 1 saturated heterocycles. The summed E-state index contributed by atoms with van der Waals surface area (Å²) in [5, 5.41) is 0. The molecule has 1 unspecified atom stereocenters. The normalized spacial score (nSPS) is 20.9. The molecular weight excluding hydrogens is 194 g/mol. The molecule has 0 saturated carbocycles. The molecule has 1 atom stereocenters. The highest BCUT2D eigenvalue weighted by Gasteiger charge is 2.23. The first kappa shape index (κ1) is 10.2. The number of aromatic amines is 1. The van der Waals surface area contributed by atoms with Crippen molar-refractivity contribution in [2.45, 2.75) is 6.42 Å². The van der Waals surface area contributed by atoms with Gasteiger partial charge in [-0.25, -0.2) is 4.98 Å². The quantitative estimate of drug-likeness (QED) is 0.775. The monoisotopic (exact) mass is 209 g/mol. The third kappa shape index (κ3) is 2.36. The van der Waals surface area contributed by atoms with Crippen LogP contribution in [-0.4, -0.2) is 36.8 Å². The SMILES string of the molecule is COCC1CCN(c2cc(=O)[nH]cn2)C1. The number of methoxy groups -OCH3 is 1. The summed E-state index contributed by atoms with van der Waals surface area (Å²) in [5.41, 5.74) is -0.102. The molecule has 0 bridgehead atoms. The zero-order valence-electron chi connectivity index (χ0n) is 8.77. The molecule has 82 valence electrons. The molecule has 5 nitrogen and oxygen atoms in total. The number of ether oxygens (including phenoxy) is 1. The third-order valence-electron chi connectivity index (χ3n) is 2.68. The van der Waals surface area contributed by atoms with Gasteiger partial charge in [0.05, 0.1) is 12.9 Å². The molecule has 1 aromatic rings. The highest BCUT2D eigenvalue weighted by atomic mass is 16.5. The van der Waals surface area contributed by atoms with Crippen LogP contribution in [0.2, 0.25) is 0 Å².